The van der Waals surface area contributed by atoms with Crippen LogP contribution in [-0.2, 0) is 45.3 Å². The molecule has 0 radical (unpaired) electrons. The highest BCUT2D eigenvalue weighted by atomic mass is 32.2. The smallest absolute Gasteiger partial charge is 0.303 e. The van der Waals surface area contributed by atoms with Crippen LogP contribution in [0.15, 0.2) is 93.9 Å². The van der Waals surface area contributed by atoms with Crippen LogP contribution in [0, 0.1) is 0 Å². The minimum absolute atomic E-state index is 0.0105. The number of anilines is 1. The van der Waals surface area contributed by atoms with Crippen LogP contribution in [0.2, 0.25) is 0 Å². The van der Waals surface area contributed by atoms with E-state index >= 15 is 0 Å². The van der Waals surface area contributed by atoms with Crippen LogP contribution in [0.4, 0.5) is 5.69 Å². The number of fused-ring (bicyclic) bond motifs is 2. The van der Waals surface area contributed by atoms with Crippen molar-refractivity contribution in [3.63, 3.8) is 0 Å². The first-order valence-corrected chi connectivity index (χ1v) is 21.7. The van der Waals surface area contributed by atoms with Gasteiger partial charge in [-0.3, -0.25) is 4.79 Å². The molecule has 57 heavy (non-hydrogen) atoms. The molecule has 1 aliphatic carbocycles. The normalized spacial score (nSPS) is 17.2. The summed E-state index contributed by atoms with van der Waals surface area (Å²) in [6.07, 6.45) is 13.4. The molecule has 1 N–H and O–H groups in total. The fourth-order valence-electron chi connectivity index (χ4n) is 6.86. The van der Waals surface area contributed by atoms with E-state index in [0.29, 0.717) is 43.3 Å². The van der Waals surface area contributed by atoms with E-state index in [0.717, 1.165) is 28.0 Å². The first kappa shape index (κ1) is 45.3. The summed E-state index contributed by atoms with van der Waals surface area (Å²) >= 11 is 0. The summed E-state index contributed by atoms with van der Waals surface area (Å²) in [4.78, 5) is 12.8. The molecule has 15 heteroatoms. The van der Waals surface area contributed by atoms with Crippen LogP contribution >= 0.6 is 0 Å². The van der Waals surface area contributed by atoms with Crippen LogP contribution in [0.25, 0.3) is 17.4 Å². The molecule has 0 fully saturated rings. The average Bonchev–Trinajstić information content (AvgIpc) is 3.35. The van der Waals surface area contributed by atoms with Crippen LogP contribution in [0.1, 0.15) is 70.3 Å². The fourth-order valence-corrected chi connectivity index (χ4v) is 7.84. The molecule has 0 aromatic heterocycles. The van der Waals surface area contributed by atoms with Crippen LogP contribution in [0.3, 0.4) is 0 Å². The van der Waals surface area contributed by atoms with E-state index < -0.39 is 42.3 Å². The van der Waals surface area contributed by atoms with Gasteiger partial charge in [-0.15, -0.1) is 0 Å². The van der Waals surface area contributed by atoms with Gasteiger partial charge in [0.15, 0.2) is 13.1 Å². The maximum atomic E-state index is 12.0. The maximum Gasteiger partial charge on any atom is 0.303 e. The first-order valence-electron chi connectivity index (χ1n) is 18.7. The fraction of sp³-hybridized carbons (Fsp3) is 0.429. The molecule has 2 aliphatic heterocycles. The van der Waals surface area contributed by atoms with Gasteiger partial charge in [-0.05, 0) is 73.7 Å². The molecule has 1 atom stereocenters. The van der Waals surface area contributed by atoms with Gasteiger partial charge in [-0.2, -0.15) is 0 Å². The van der Waals surface area contributed by atoms with Crippen molar-refractivity contribution in [1.29, 1.82) is 0 Å². The van der Waals surface area contributed by atoms with Crippen molar-refractivity contribution in [2.45, 2.75) is 69.1 Å². The molecular formula is C42H53N2O11S2-. The topological polar surface area (TPSA) is 190 Å². The molecule has 1 aromatic rings. The standard InChI is InChI=1S/C42H54N2O11S2/c1-41(2,3)39-28-31(34-19-17-32(29-37(34)55-39)43(23-25-53-5)24-26-54-6)14-10-8-7-9-11-15-38-42(4,21-12-16-40(45)46)35-30-33(57(50,51)52)18-20-36(35)44(38)22-13-27-56(47,48)49/h7-11,14-15,17-20,28-30H,12-13,16,21-27H2,1-6H3,(H2-,45,46,47,48,49,50,51,52)/p-1. The van der Waals surface area contributed by atoms with E-state index in [4.69, 9.17) is 13.9 Å². The Hall–Kier alpha value is -4.38. The Morgan fingerprint density at radius 3 is 2.21 bits per heavy atom. The minimum atomic E-state index is -4.81. The van der Waals surface area contributed by atoms with Crippen molar-refractivity contribution in [2.75, 3.05) is 57.7 Å². The highest BCUT2D eigenvalue weighted by Crippen LogP contribution is 2.51. The number of nitrogens with zero attached hydrogens (tertiary/aromatic N) is 2. The summed E-state index contributed by atoms with van der Waals surface area (Å²) < 4.78 is 89.7. The lowest BCUT2D eigenvalue weighted by molar-refractivity contribution is -0.137. The van der Waals surface area contributed by atoms with Crippen LogP contribution < -0.4 is 14.8 Å². The third kappa shape index (κ3) is 12.3. The van der Waals surface area contributed by atoms with Gasteiger partial charge in [-0.1, -0.05) is 57.2 Å². The molecule has 3 aliphatic rings. The average molecular weight is 826 g/mol. The lowest BCUT2D eigenvalue weighted by Crippen LogP contribution is -2.35. The van der Waals surface area contributed by atoms with Crippen LogP contribution in [0.5, 0.6) is 0 Å². The molecule has 310 valence electrons. The number of carbonyl (C=O) groups is 1. The Labute approximate surface area is 336 Å². The maximum absolute atomic E-state index is 12.0. The lowest BCUT2D eigenvalue weighted by atomic mass is 9.77. The Morgan fingerprint density at radius 2 is 1.60 bits per heavy atom. The second-order valence-corrected chi connectivity index (χ2v) is 18.0. The van der Waals surface area contributed by atoms with Gasteiger partial charge < -0.3 is 33.0 Å². The Balaban J connectivity index is 1.70. The van der Waals surface area contributed by atoms with Crippen molar-refractivity contribution in [2.24, 2.45) is 0 Å². The quantitative estimate of drug-likeness (QED) is 0.0893. The van der Waals surface area contributed by atoms with E-state index in [2.05, 4.69) is 31.4 Å². The number of benzene rings is 2. The number of rotatable bonds is 19. The summed E-state index contributed by atoms with van der Waals surface area (Å²) in [7, 11) is -5.96. The zero-order valence-corrected chi connectivity index (χ0v) is 35.0. The number of carboxylic acids is 1. The van der Waals surface area contributed by atoms with E-state index in [1.165, 1.54) is 18.2 Å². The van der Waals surface area contributed by atoms with Crippen molar-refractivity contribution in [1.82, 2.24) is 4.58 Å². The van der Waals surface area contributed by atoms with E-state index in [-0.39, 0.29) is 37.6 Å². The number of allylic oxidation sites excluding steroid dienone is 7. The molecule has 1 unspecified atom stereocenters. The zero-order valence-electron chi connectivity index (χ0n) is 33.4. The summed E-state index contributed by atoms with van der Waals surface area (Å²) in [6.45, 7) is 10.7. The van der Waals surface area contributed by atoms with E-state index in [1.54, 1.807) is 37.3 Å². The number of ether oxygens (including phenoxy) is 2. The minimum Gasteiger partial charge on any atom is -0.748 e. The SMILES string of the molecule is COCC[N+](CCOC)=c1ccc2c(/C=C/C=C/C=C/C=C3\N(CCCS(=O)(=O)[O-])c4ccc(S(=O)(=O)[O-])cc4C3(C)CCCC(=O)O)cc(C(C)(C)C)oc-2c1. The van der Waals surface area contributed by atoms with Crippen LogP contribution in [-0.4, -0.2) is 89.8 Å². The van der Waals surface area contributed by atoms with Gasteiger partial charge in [0.2, 0.25) is 5.36 Å². The highest BCUT2D eigenvalue weighted by Gasteiger charge is 2.43. The third-order valence-electron chi connectivity index (χ3n) is 9.83. The number of methoxy groups -OCH3 is 2. The molecule has 2 heterocycles. The highest BCUT2D eigenvalue weighted by molar-refractivity contribution is 7.86. The molecule has 13 nitrogen and oxygen atoms in total. The summed E-state index contributed by atoms with van der Waals surface area (Å²) in [6, 6.07) is 12.2. The summed E-state index contributed by atoms with van der Waals surface area (Å²) in [5.74, 6) is -0.0293. The zero-order chi connectivity index (χ0) is 42.0. The lowest BCUT2D eigenvalue weighted by Gasteiger charge is -2.30. The van der Waals surface area contributed by atoms with Gasteiger partial charge in [-0.25, -0.2) is 21.4 Å². The predicted octanol–water partition coefficient (Wildman–Crippen LogP) is 5.63. The molecule has 0 bridgehead atoms. The molecule has 0 amide bonds. The molecule has 0 spiro atoms. The van der Waals surface area contributed by atoms with Crippen molar-refractivity contribution < 1.29 is 49.7 Å². The number of aliphatic carboxylic acids is 1. The monoisotopic (exact) mass is 825 g/mol. The van der Waals surface area contributed by atoms with Crippen molar-refractivity contribution >= 4 is 38.0 Å². The first-order chi connectivity index (χ1) is 26.8. The molecule has 0 saturated carbocycles. The van der Waals surface area contributed by atoms with Crippen molar-refractivity contribution in [3.8, 4) is 11.3 Å². The van der Waals surface area contributed by atoms with Gasteiger partial charge in [0.1, 0.15) is 34.9 Å². The second kappa shape index (κ2) is 19.4. The largest absolute Gasteiger partial charge is 0.748 e. The van der Waals surface area contributed by atoms with Gasteiger partial charge in [0.05, 0.1) is 21.1 Å². The summed E-state index contributed by atoms with van der Waals surface area (Å²) in [5, 5.41) is 10.4. The number of carboxylic acid groups (broad SMARTS) is 1. The molecule has 1 aromatic carbocycles. The molecule has 4 rings (SSSR count). The van der Waals surface area contributed by atoms with Gasteiger partial charge in [0.25, 0.3) is 0 Å². The molecule has 0 saturated heterocycles. The van der Waals surface area contributed by atoms with Gasteiger partial charge in [0, 0.05) is 66.8 Å². The Kier molecular flexibility index (Phi) is 15.4. The summed E-state index contributed by atoms with van der Waals surface area (Å²) in [5.41, 5.74) is 2.40. The van der Waals surface area contributed by atoms with E-state index in [9.17, 15) is 35.8 Å². The molecular weight excluding hydrogens is 773 g/mol. The van der Waals surface area contributed by atoms with E-state index in [1.807, 2.05) is 49.4 Å². The predicted molar refractivity (Wildman–Crippen MR) is 218 cm³/mol. The number of hydrogen-bond donors (Lipinski definition) is 1. The Bertz CT molecular complexity index is 2270. The van der Waals surface area contributed by atoms with Crippen molar-refractivity contribution in [3.05, 3.63) is 107 Å². The second-order valence-electron chi connectivity index (χ2n) is 15.1. The van der Waals surface area contributed by atoms with Gasteiger partial charge >= 0.3 is 5.97 Å². The third-order valence-corrected chi connectivity index (χ3v) is 11.5. The number of hydrogen-bond acceptors (Lipinski definition) is 11. The Morgan fingerprint density at radius 1 is 0.930 bits per heavy atom.